The smallest absolute Gasteiger partial charge is 0.326 e. The number of thioether (sulfide) groups is 1. The first-order chi connectivity index (χ1) is 21.6. The molecule has 3 amide bonds. The van der Waals surface area contributed by atoms with E-state index >= 15 is 0 Å². The fourth-order valence-corrected chi connectivity index (χ4v) is 5.32. The highest BCUT2D eigenvalue weighted by Gasteiger charge is 2.31. The van der Waals surface area contributed by atoms with Crippen LogP contribution >= 0.6 is 11.8 Å². The Morgan fingerprint density at radius 3 is 2.27 bits per heavy atom. The number of para-hydroxylation sites is 1. The number of phenols is 1. The van der Waals surface area contributed by atoms with Crippen LogP contribution in [0.5, 0.6) is 5.75 Å². The number of hydrogen-bond donors (Lipinski definition) is 8. The second kappa shape index (κ2) is 15.8. The number of nitrogens with one attached hydrogen (secondary N) is 5. The van der Waals surface area contributed by atoms with Gasteiger partial charge in [-0.2, -0.15) is 11.8 Å². The molecule has 45 heavy (non-hydrogen) atoms. The zero-order valence-corrected chi connectivity index (χ0v) is 25.5. The molecule has 2 aromatic heterocycles. The van der Waals surface area contributed by atoms with E-state index in [2.05, 4.69) is 30.9 Å². The molecular weight excluding hydrogens is 598 g/mol. The lowest BCUT2D eigenvalue weighted by atomic mass is 10.0. The minimum absolute atomic E-state index is 0.00755. The van der Waals surface area contributed by atoms with E-state index in [0.29, 0.717) is 17.0 Å². The zero-order chi connectivity index (χ0) is 32.3. The molecule has 238 valence electrons. The number of imidazole rings is 1. The van der Waals surface area contributed by atoms with E-state index in [9.17, 15) is 29.4 Å². The highest BCUT2D eigenvalue weighted by Crippen LogP contribution is 2.19. The number of aromatic amines is 2. The van der Waals surface area contributed by atoms with Gasteiger partial charge in [0, 0.05) is 41.8 Å². The number of nitrogens with zero attached hydrogens (tertiary/aromatic N) is 1. The molecule has 0 fully saturated rings. The third-order valence-electron chi connectivity index (χ3n) is 7.30. The molecule has 4 atom stereocenters. The van der Waals surface area contributed by atoms with E-state index in [1.807, 2.05) is 30.5 Å². The van der Waals surface area contributed by atoms with Crippen LogP contribution in [0.4, 0.5) is 0 Å². The summed E-state index contributed by atoms with van der Waals surface area (Å²) in [6.07, 6.45) is 7.06. The van der Waals surface area contributed by atoms with Crippen molar-refractivity contribution < 1.29 is 29.4 Å². The van der Waals surface area contributed by atoms with Crippen molar-refractivity contribution in [1.82, 2.24) is 30.9 Å². The second-order valence-electron chi connectivity index (χ2n) is 10.6. The van der Waals surface area contributed by atoms with Crippen molar-refractivity contribution >= 4 is 46.4 Å². The van der Waals surface area contributed by atoms with Gasteiger partial charge in [-0.3, -0.25) is 14.4 Å². The van der Waals surface area contributed by atoms with E-state index < -0.39 is 47.9 Å². The summed E-state index contributed by atoms with van der Waals surface area (Å²) in [6, 6.07) is 9.20. The van der Waals surface area contributed by atoms with E-state index in [1.165, 1.54) is 36.4 Å². The molecule has 2 heterocycles. The van der Waals surface area contributed by atoms with E-state index in [4.69, 9.17) is 5.73 Å². The van der Waals surface area contributed by atoms with Gasteiger partial charge < -0.3 is 41.9 Å². The number of carboxylic acids is 1. The lowest BCUT2D eigenvalue weighted by Gasteiger charge is -2.25. The number of aromatic nitrogens is 3. The minimum Gasteiger partial charge on any atom is -0.508 e. The van der Waals surface area contributed by atoms with E-state index in [1.54, 1.807) is 18.3 Å². The Bertz CT molecular complexity index is 1590. The molecule has 4 rings (SSSR count). The fraction of sp³-hybridized carbons (Fsp3) is 0.323. The van der Waals surface area contributed by atoms with Crippen LogP contribution in [0, 0.1) is 0 Å². The maximum atomic E-state index is 13.6. The summed E-state index contributed by atoms with van der Waals surface area (Å²) in [5.74, 6) is -2.55. The van der Waals surface area contributed by atoms with Crippen LogP contribution in [0.2, 0.25) is 0 Å². The van der Waals surface area contributed by atoms with Crippen LogP contribution < -0.4 is 21.7 Å². The topological polar surface area (TPSA) is 215 Å². The molecule has 0 radical (unpaired) electrons. The SMILES string of the molecule is CSCCC(NC(=O)C(N)Cc1c[nH]c2ccccc12)C(=O)NC(Cc1cnc[nH]1)C(=O)NC(Cc1ccc(O)cc1)C(=O)O. The second-order valence-corrected chi connectivity index (χ2v) is 11.6. The van der Waals surface area contributed by atoms with Crippen LogP contribution in [-0.2, 0) is 38.4 Å². The van der Waals surface area contributed by atoms with Gasteiger partial charge in [0.15, 0.2) is 0 Å². The first kappa shape index (κ1) is 33.1. The number of amides is 3. The molecule has 4 unspecified atom stereocenters. The van der Waals surface area contributed by atoms with Gasteiger partial charge in [0.1, 0.15) is 23.9 Å². The average molecular weight is 636 g/mol. The van der Waals surface area contributed by atoms with Crippen LogP contribution in [0.3, 0.4) is 0 Å². The van der Waals surface area contributed by atoms with E-state index in [-0.39, 0.29) is 31.4 Å². The Balaban J connectivity index is 1.46. The average Bonchev–Trinajstić information content (AvgIpc) is 3.69. The van der Waals surface area contributed by atoms with Crippen LogP contribution in [-0.4, -0.2) is 85.0 Å². The number of H-pyrrole nitrogens is 2. The molecular formula is C31H37N7O6S. The van der Waals surface area contributed by atoms with Crippen LogP contribution in [0.15, 0.2) is 67.3 Å². The van der Waals surface area contributed by atoms with Gasteiger partial charge in [-0.1, -0.05) is 30.3 Å². The largest absolute Gasteiger partial charge is 0.508 e. The first-order valence-electron chi connectivity index (χ1n) is 14.3. The molecule has 0 aliphatic heterocycles. The van der Waals surface area contributed by atoms with Crippen molar-refractivity contribution in [2.24, 2.45) is 5.73 Å². The van der Waals surface area contributed by atoms with Crippen molar-refractivity contribution in [3.63, 3.8) is 0 Å². The molecule has 0 spiro atoms. The third-order valence-corrected chi connectivity index (χ3v) is 7.94. The quantitative estimate of drug-likeness (QED) is 0.0888. The molecule has 0 saturated heterocycles. The number of aromatic hydroxyl groups is 1. The van der Waals surface area contributed by atoms with Crippen molar-refractivity contribution in [1.29, 1.82) is 0 Å². The number of carboxylic acid groups (broad SMARTS) is 1. The number of benzene rings is 2. The molecule has 9 N–H and O–H groups in total. The van der Waals surface area contributed by atoms with Gasteiger partial charge in [-0.25, -0.2) is 9.78 Å². The molecule has 0 aliphatic rings. The Kier molecular flexibility index (Phi) is 11.6. The Morgan fingerprint density at radius 2 is 1.58 bits per heavy atom. The number of carbonyl (C=O) groups is 4. The predicted octanol–water partition coefficient (Wildman–Crippen LogP) is 1.24. The molecule has 4 aromatic rings. The predicted molar refractivity (Wildman–Crippen MR) is 171 cm³/mol. The fourth-order valence-electron chi connectivity index (χ4n) is 4.85. The van der Waals surface area contributed by atoms with Gasteiger partial charge >= 0.3 is 5.97 Å². The highest BCUT2D eigenvalue weighted by molar-refractivity contribution is 7.98. The Morgan fingerprint density at radius 1 is 0.889 bits per heavy atom. The van der Waals surface area contributed by atoms with Gasteiger partial charge in [-0.15, -0.1) is 0 Å². The van der Waals surface area contributed by atoms with Crippen molar-refractivity contribution in [2.75, 3.05) is 12.0 Å². The molecule has 14 heteroatoms. The van der Waals surface area contributed by atoms with Gasteiger partial charge in [-0.05, 0) is 54.2 Å². The number of hydrogen-bond acceptors (Lipinski definition) is 8. The summed E-state index contributed by atoms with van der Waals surface area (Å²) < 4.78 is 0. The Hall–Kier alpha value is -4.82. The maximum Gasteiger partial charge on any atom is 0.326 e. The number of phenolic OH excluding ortho intramolecular Hbond substituents is 1. The standard InChI is InChI=1S/C31H37N7O6S/c1-45-11-10-25(36-28(40)23(32)13-19-15-34-24-5-3-2-4-22(19)24)29(41)37-26(14-20-16-33-17-35-20)30(42)38-27(31(43)44)12-18-6-8-21(39)9-7-18/h2-9,15-17,23,25-27,34,39H,10-14,32H2,1H3,(H,33,35)(H,36,40)(H,37,41)(H,38,42)(H,43,44). The number of rotatable bonds is 16. The summed E-state index contributed by atoms with van der Waals surface area (Å²) in [4.78, 5) is 62.2. The summed E-state index contributed by atoms with van der Waals surface area (Å²) in [6.45, 7) is 0. The molecule has 0 aliphatic carbocycles. The molecule has 2 aromatic carbocycles. The van der Waals surface area contributed by atoms with Gasteiger partial charge in [0.2, 0.25) is 17.7 Å². The number of fused-ring (bicyclic) bond motifs is 1. The summed E-state index contributed by atoms with van der Waals surface area (Å²) in [5, 5.41) is 28.3. The first-order valence-corrected chi connectivity index (χ1v) is 15.7. The summed E-state index contributed by atoms with van der Waals surface area (Å²) in [7, 11) is 0. The summed E-state index contributed by atoms with van der Waals surface area (Å²) in [5.41, 5.74) is 9.17. The normalized spacial score (nSPS) is 13.8. The lowest BCUT2D eigenvalue weighted by molar-refractivity contribution is -0.142. The number of nitrogens with two attached hydrogens (primary N) is 1. The third kappa shape index (κ3) is 9.33. The molecule has 13 nitrogen and oxygen atoms in total. The van der Waals surface area contributed by atoms with Crippen molar-refractivity contribution in [3.05, 3.63) is 84.1 Å². The molecule has 0 bridgehead atoms. The highest BCUT2D eigenvalue weighted by atomic mass is 32.2. The summed E-state index contributed by atoms with van der Waals surface area (Å²) >= 11 is 1.49. The Labute approximate surface area is 263 Å². The van der Waals surface area contributed by atoms with Crippen LogP contribution in [0.1, 0.15) is 23.2 Å². The van der Waals surface area contributed by atoms with Crippen molar-refractivity contribution in [2.45, 2.75) is 49.9 Å². The van der Waals surface area contributed by atoms with E-state index in [0.717, 1.165) is 16.5 Å². The maximum absolute atomic E-state index is 13.6. The number of aliphatic carboxylic acids is 1. The minimum atomic E-state index is -1.31. The monoisotopic (exact) mass is 635 g/mol. The van der Waals surface area contributed by atoms with Gasteiger partial charge in [0.25, 0.3) is 0 Å². The van der Waals surface area contributed by atoms with Gasteiger partial charge in [0.05, 0.1) is 12.4 Å². The lowest BCUT2D eigenvalue weighted by Crippen LogP contribution is -2.58. The number of carbonyl (C=O) groups excluding carboxylic acids is 3. The van der Waals surface area contributed by atoms with Crippen LogP contribution in [0.25, 0.3) is 10.9 Å². The van der Waals surface area contributed by atoms with Crippen molar-refractivity contribution in [3.8, 4) is 5.75 Å². The zero-order valence-electron chi connectivity index (χ0n) is 24.7. The molecule has 0 saturated carbocycles.